The van der Waals surface area contributed by atoms with Crippen molar-refractivity contribution in [2.24, 2.45) is 0 Å². The highest BCUT2D eigenvalue weighted by molar-refractivity contribution is 5.74. The first kappa shape index (κ1) is 17.2. The van der Waals surface area contributed by atoms with E-state index >= 15 is 0 Å². The number of fused-ring (bicyclic) bond motifs is 1. The van der Waals surface area contributed by atoms with Crippen LogP contribution in [0.5, 0.6) is 0 Å². The molecule has 1 N–H and O–H groups in total. The molecule has 2 aliphatic rings. The predicted octanol–water partition coefficient (Wildman–Crippen LogP) is 2.26. The Bertz CT molecular complexity index is 573. The number of morpholine rings is 1. The average Bonchev–Trinajstić information content (AvgIpc) is 2.57. The van der Waals surface area contributed by atoms with Gasteiger partial charge in [0, 0.05) is 32.7 Å². The number of nitrogens with one attached hydrogen (secondary N) is 1. The van der Waals surface area contributed by atoms with Gasteiger partial charge in [0.25, 0.3) is 0 Å². The van der Waals surface area contributed by atoms with Crippen LogP contribution in [0.2, 0.25) is 0 Å². The van der Waals surface area contributed by atoms with Gasteiger partial charge in [0.1, 0.15) is 0 Å². The fraction of sp³-hybridized carbons (Fsp3) is 0.632. The Labute approximate surface area is 145 Å². The third-order valence-electron chi connectivity index (χ3n) is 4.85. The van der Waals surface area contributed by atoms with E-state index in [1.54, 1.807) is 0 Å². The van der Waals surface area contributed by atoms with Crippen molar-refractivity contribution < 1.29 is 9.53 Å². The molecule has 1 aromatic carbocycles. The minimum Gasteiger partial charge on any atom is -0.372 e. The number of hydrogen-bond donors (Lipinski definition) is 1. The summed E-state index contributed by atoms with van der Waals surface area (Å²) in [6.07, 6.45) is 2.12. The summed E-state index contributed by atoms with van der Waals surface area (Å²) in [5, 5.41) is 3.05. The third kappa shape index (κ3) is 4.48. The zero-order chi connectivity index (χ0) is 17.0. The Balaban J connectivity index is 1.36. The SMILES string of the molecule is CC1(C)CN(C(=O)NCCCN2CCc3ccccc3C2)CCO1. The highest BCUT2D eigenvalue weighted by atomic mass is 16.5. The van der Waals surface area contributed by atoms with Gasteiger partial charge in [0.15, 0.2) is 0 Å². The summed E-state index contributed by atoms with van der Waals surface area (Å²) in [4.78, 5) is 16.6. The number of carbonyl (C=O) groups excluding carboxylic acids is 1. The molecular weight excluding hydrogens is 302 g/mol. The van der Waals surface area contributed by atoms with Crippen molar-refractivity contribution in [3.8, 4) is 0 Å². The van der Waals surface area contributed by atoms with E-state index in [-0.39, 0.29) is 11.6 Å². The van der Waals surface area contributed by atoms with Gasteiger partial charge < -0.3 is 15.0 Å². The van der Waals surface area contributed by atoms with E-state index in [9.17, 15) is 4.79 Å². The second kappa shape index (κ2) is 7.53. The molecule has 0 spiro atoms. The van der Waals surface area contributed by atoms with Gasteiger partial charge in [-0.3, -0.25) is 4.90 Å². The highest BCUT2D eigenvalue weighted by Crippen LogP contribution is 2.18. The van der Waals surface area contributed by atoms with Crippen molar-refractivity contribution in [1.82, 2.24) is 15.1 Å². The van der Waals surface area contributed by atoms with Gasteiger partial charge in [-0.15, -0.1) is 0 Å². The Morgan fingerprint density at radius 1 is 1.25 bits per heavy atom. The number of urea groups is 1. The van der Waals surface area contributed by atoms with Crippen LogP contribution in [0.25, 0.3) is 0 Å². The van der Waals surface area contributed by atoms with Crippen LogP contribution < -0.4 is 5.32 Å². The molecule has 0 atom stereocenters. The van der Waals surface area contributed by atoms with Crippen LogP contribution in [0, 0.1) is 0 Å². The van der Waals surface area contributed by atoms with Gasteiger partial charge in [-0.25, -0.2) is 4.79 Å². The van der Waals surface area contributed by atoms with E-state index < -0.39 is 0 Å². The molecule has 0 aliphatic carbocycles. The molecule has 0 saturated carbocycles. The normalized spacial score (nSPS) is 20.5. The van der Waals surface area contributed by atoms with Crippen LogP contribution in [0.4, 0.5) is 4.79 Å². The Morgan fingerprint density at radius 2 is 2.04 bits per heavy atom. The van der Waals surface area contributed by atoms with Crippen molar-refractivity contribution >= 4 is 6.03 Å². The summed E-state index contributed by atoms with van der Waals surface area (Å²) >= 11 is 0. The fourth-order valence-corrected chi connectivity index (χ4v) is 3.54. The first-order valence-corrected chi connectivity index (χ1v) is 8.99. The van der Waals surface area contributed by atoms with Crippen LogP contribution in [0.15, 0.2) is 24.3 Å². The lowest BCUT2D eigenvalue weighted by Crippen LogP contribution is -2.53. The van der Waals surface area contributed by atoms with Crippen molar-refractivity contribution in [2.45, 2.75) is 38.8 Å². The zero-order valence-electron chi connectivity index (χ0n) is 14.9. The van der Waals surface area contributed by atoms with E-state index in [1.165, 1.54) is 11.1 Å². The predicted molar refractivity (Wildman–Crippen MR) is 95.0 cm³/mol. The van der Waals surface area contributed by atoms with Gasteiger partial charge >= 0.3 is 6.03 Å². The molecule has 3 rings (SSSR count). The lowest BCUT2D eigenvalue weighted by Gasteiger charge is -2.38. The second-order valence-electron chi connectivity index (χ2n) is 7.41. The fourth-order valence-electron chi connectivity index (χ4n) is 3.54. The Morgan fingerprint density at radius 3 is 2.83 bits per heavy atom. The maximum Gasteiger partial charge on any atom is 0.317 e. The molecule has 5 nitrogen and oxygen atoms in total. The number of nitrogens with zero attached hydrogens (tertiary/aromatic N) is 2. The standard InChI is InChI=1S/C19H29N3O2/c1-19(2)15-22(12-13-24-19)18(23)20-9-5-10-21-11-8-16-6-3-4-7-17(16)14-21/h3-4,6-7H,5,8-15H2,1-2H3,(H,20,23). The molecule has 0 radical (unpaired) electrons. The maximum absolute atomic E-state index is 12.2. The van der Waals surface area contributed by atoms with Crippen LogP contribution >= 0.6 is 0 Å². The topological polar surface area (TPSA) is 44.8 Å². The molecule has 0 aromatic heterocycles. The molecule has 0 unspecified atom stereocenters. The first-order valence-electron chi connectivity index (χ1n) is 8.99. The van der Waals surface area contributed by atoms with E-state index in [2.05, 4.69) is 34.5 Å². The van der Waals surface area contributed by atoms with E-state index in [4.69, 9.17) is 4.74 Å². The van der Waals surface area contributed by atoms with Gasteiger partial charge in [-0.05, 0) is 37.8 Å². The Hall–Kier alpha value is -1.59. The number of rotatable bonds is 4. The third-order valence-corrected chi connectivity index (χ3v) is 4.85. The summed E-state index contributed by atoms with van der Waals surface area (Å²) < 4.78 is 5.65. The molecule has 132 valence electrons. The smallest absolute Gasteiger partial charge is 0.317 e. The van der Waals surface area contributed by atoms with Gasteiger partial charge in [-0.1, -0.05) is 24.3 Å². The minimum atomic E-state index is -0.239. The number of carbonyl (C=O) groups is 1. The monoisotopic (exact) mass is 331 g/mol. The number of ether oxygens (including phenoxy) is 1. The second-order valence-corrected chi connectivity index (χ2v) is 7.41. The maximum atomic E-state index is 12.2. The number of amides is 2. The van der Waals surface area contributed by atoms with Crippen LogP contribution in [0.3, 0.4) is 0 Å². The molecule has 2 amide bonds. The number of benzene rings is 1. The summed E-state index contributed by atoms with van der Waals surface area (Å²) in [5.41, 5.74) is 2.69. The minimum absolute atomic E-state index is 0.0374. The lowest BCUT2D eigenvalue weighted by molar-refractivity contribution is -0.0733. The van der Waals surface area contributed by atoms with Gasteiger partial charge in [0.05, 0.1) is 18.8 Å². The zero-order valence-corrected chi connectivity index (χ0v) is 14.9. The summed E-state index contributed by atoms with van der Waals surface area (Å²) in [6, 6.07) is 8.74. The summed E-state index contributed by atoms with van der Waals surface area (Å²) in [7, 11) is 0. The van der Waals surface area contributed by atoms with Gasteiger partial charge in [0.2, 0.25) is 0 Å². The molecule has 1 fully saturated rings. The molecule has 2 aliphatic heterocycles. The molecule has 0 bridgehead atoms. The van der Waals surface area contributed by atoms with Gasteiger partial charge in [-0.2, -0.15) is 0 Å². The lowest BCUT2D eigenvalue weighted by atomic mass is 10.00. The van der Waals surface area contributed by atoms with Crippen molar-refractivity contribution in [2.75, 3.05) is 39.3 Å². The van der Waals surface area contributed by atoms with Crippen molar-refractivity contribution in [1.29, 1.82) is 0 Å². The molecular formula is C19H29N3O2. The molecule has 5 heteroatoms. The van der Waals surface area contributed by atoms with Crippen LogP contribution in [-0.2, 0) is 17.7 Å². The Kier molecular flexibility index (Phi) is 5.41. The van der Waals surface area contributed by atoms with Crippen LogP contribution in [-0.4, -0.2) is 60.8 Å². The highest BCUT2D eigenvalue weighted by Gasteiger charge is 2.29. The number of hydrogen-bond acceptors (Lipinski definition) is 3. The molecule has 24 heavy (non-hydrogen) atoms. The molecule has 2 heterocycles. The van der Waals surface area contributed by atoms with E-state index in [0.29, 0.717) is 19.7 Å². The van der Waals surface area contributed by atoms with E-state index in [0.717, 1.165) is 39.0 Å². The summed E-state index contributed by atoms with van der Waals surface area (Å²) in [5.74, 6) is 0. The van der Waals surface area contributed by atoms with E-state index in [1.807, 2.05) is 18.7 Å². The van der Waals surface area contributed by atoms with Crippen LogP contribution in [0.1, 0.15) is 31.4 Å². The molecule has 1 saturated heterocycles. The van der Waals surface area contributed by atoms with Crippen molar-refractivity contribution in [3.63, 3.8) is 0 Å². The summed E-state index contributed by atoms with van der Waals surface area (Å²) in [6.45, 7) is 9.91. The van der Waals surface area contributed by atoms with Crippen molar-refractivity contribution in [3.05, 3.63) is 35.4 Å². The largest absolute Gasteiger partial charge is 0.372 e. The molecule has 1 aromatic rings. The quantitative estimate of drug-likeness (QED) is 0.861. The first-order chi connectivity index (χ1) is 11.5. The average molecular weight is 331 g/mol.